The van der Waals surface area contributed by atoms with Crippen LogP contribution in [0.3, 0.4) is 0 Å². The number of rotatable bonds is 6. The second-order valence-electron chi connectivity index (χ2n) is 6.73. The van der Waals surface area contributed by atoms with Gasteiger partial charge < -0.3 is 4.74 Å². The standard InChI is InChI=1S/C21H22ClN3OS/c1-26-17-12-10-15(11-13-17)14-27-21-24-23-20(18-8-4-5-9-19(18)22)25(21)16-6-2-3-7-16/h4-5,8-13,16H,2-3,6-7,14H2,1H3. The summed E-state index contributed by atoms with van der Waals surface area (Å²) in [6, 6.07) is 16.5. The molecule has 0 amide bonds. The molecule has 0 saturated heterocycles. The van der Waals surface area contributed by atoms with Gasteiger partial charge in [-0.2, -0.15) is 0 Å². The highest BCUT2D eigenvalue weighted by Crippen LogP contribution is 2.38. The van der Waals surface area contributed by atoms with E-state index in [1.165, 1.54) is 31.2 Å². The van der Waals surface area contributed by atoms with E-state index in [-0.39, 0.29) is 0 Å². The van der Waals surface area contributed by atoms with E-state index in [1.807, 2.05) is 36.4 Å². The van der Waals surface area contributed by atoms with Crippen LogP contribution in [-0.2, 0) is 5.75 Å². The van der Waals surface area contributed by atoms with Gasteiger partial charge in [-0.3, -0.25) is 4.57 Å². The Balaban J connectivity index is 1.63. The lowest BCUT2D eigenvalue weighted by Crippen LogP contribution is -2.08. The van der Waals surface area contributed by atoms with Gasteiger partial charge in [0.05, 0.1) is 12.1 Å². The summed E-state index contributed by atoms with van der Waals surface area (Å²) < 4.78 is 7.54. The number of nitrogens with zero attached hydrogens (tertiary/aromatic N) is 3. The third kappa shape index (κ3) is 3.99. The molecule has 1 aromatic heterocycles. The summed E-state index contributed by atoms with van der Waals surface area (Å²) in [7, 11) is 1.68. The second-order valence-corrected chi connectivity index (χ2v) is 8.08. The van der Waals surface area contributed by atoms with Gasteiger partial charge in [-0.25, -0.2) is 0 Å². The highest BCUT2D eigenvalue weighted by Gasteiger charge is 2.25. The van der Waals surface area contributed by atoms with Gasteiger partial charge in [0, 0.05) is 17.4 Å². The fourth-order valence-corrected chi connectivity index (χ4v) is 4.74. The maximum absolute atomic E-state index is 6.45. The van der Waals surface area contributed by atoms with E-state index in [1.54, 1.807) is 18.9 Å². The highest BCUT2D eigenvalue weighted by atomic mass is 35.5. The van der Waals surface area contributed by atoms with Crippen molar-refractivity contribution in [2.24, 2.45) is 0 Å². The molecule has 27 heavy (non-hydrogen) atoms. The van der Waals surface area contributed by atoms with Crippen molar-refractivity contribution in [2.75, 3.05) is 7.11 Å². The molecule has 1 aliphatic rings. The van der Waals surface area contributed by atoms with E-state index >= 15 is 0 Å². The monoisotopic (exact) mass is 399 g/mol. The zero-order chi connectivity index (χ0) is 18.6. The van der Waals surface area contributed by atoms with Crippen LogP contribution in [0.2, 0.25) is 5.02 Å². The highest BCUT2D eigenvalue weighted by molar-refractivity contribution is 7.98. The number of hydrogen-bond donors (Lipinski definition) is 0. The van der Waals surface area contributed by atoms with E-state index in [0.29, 0.717) is 6.04 Å². The summed E-state index contributed by atoms with van der Waals surface area (Å²) in [6.45, 7) is 0. The molecule has 1 fully saturated rings. The minimum absolute atomic E-state index is 0.449. The number of benzene rings is 2. The van der Waals surface area contributed by atoms with Gasteiger partial charge in [0.25, 0.3) is 0 Å². The summed E-state index contributed by atoms with van der Waals surface area (Å²) in [5.41, 5.74) is 2.19. The first kappa shape index (κ1) is 18.4. The first-order chi connectivity index (χ1) is 13.3. The first-order valence-electron chi connectivity index (χ1n) is 9.22. The molecule has 1 saturated carbocycles. The normalized spacial score (nSPS) is 14.6. The van der Waals surface area contributed by atoms with Gasteiger partial charge in [0.15, 0.2) is 11.0 Å². The minimum Gasteiger partial charge on any atom is -0.497 e. The van der Waals surface area contributed by atoms with Crippen molar-refractivity contribution in [3.8, 4) is 17.1 Å². The Morgan fingerprint density at radius 3 is 2.52 bits per heavy atom. The fourth-order valence-electron chi connectivity index (χ4n) is 3.56. The second kappa shape index (κ2) is 8.36. The lowest BCUT2D eigenvalue weighted by atomic mass is 10.2. The van der Waals surface area contributed by atoms with Crippen molar-refractivity contribution in [1.82, 2.24) is 14.8 Å². The van der Waals surface area contributed by atoms with Crippen LogP contribution in [0.5, 0.6) is 5.75 Å². The first-order valence-corrected chi connectivity index (χ1v) is 10.6. The number of halogens is 1. The SMILES string of the molecule is COc1ccc(CSc2nnc(-c3ccccc3Cl)n2C2CCCC2)cc1. The Bertz CT molecular complexity index is 904. The van der Waals surface area contributed by atoms with Crippen molar-refractivity contribution in [1.29, 1.82) is 0 Å². The molecule has 3 aromatic rings. The predicted molar refractivity (Wildman–Crippen MR) is 111 cm³/mol. The minimum atomic E-state index is 0.449. The lowest BCUT2D eigenvalue weighted by Gasteiger charge is -2.17. The van der Waals surface area contributed by atoms with Gasteiger partial charge in [-0.15, -0.1) is 10.2 Å². The smallest absolute Gasteiger partial charge is 0.192 e. The molecule has 0 unspecified atom stereocenters. The van der Waals surface area contributed by atoms with Crippen molar-refractivity contribution < 1.29 is 4.74 Å². The maximum atomic E-state index is 6.45. The summed E-state index contributed by atoms with van der Waals surface area (Å²) in [5.74, 6) is 2.60. The Morgan fingerprint density at radius 1 is 1.07 bits per heavy atom. The molecular formula is C21H22ClN3OS. The number of methoxy groups -OCH3 is 1. The molecule has 0 radical (unpaired) electrons. The molecule has 1 heterocycles. The van der Waals surface area contributed by atoms with E-state index in [2.05, 4.69) is 26.9 Å². The molecule has 6 heteroatoms. The topological polar surface area (TPSA) is 39.9 Å². The molecule has 2 aromatic carbocycles. The molecule has 4 rings (SSSR count). The molecule has 0 bridgehead atoms. The molecule has 0 atom stereocenters. The summed E-state index contributed by atoms with van der Waals surface area (Å²) in [4.78, 5) is 0. The molecular weight excluding hydrogens is 378 g/mol. The van der Waals surface area contributed by atoms with Gasteiger partial charge >= 0.3 is 0 Å². The average molecular weight is 400 g/mol. The largest absolute Gasteiger partial charge is 0.497 e. The van der Waals surface area contributed by atoms with E-state index in [4.69, 9.17) is 16.3 Å². The zero-order valence-corrected chi connectivity index (χ0v) is 16.8. The van der Waals surface area contributed by atoms with Crippen molar-refractivity contribution in [2.45, 2.75) is 42.6 Å². The number of aromatic nitrogens is 3. The summed E-state index contributed by atoms with van der Waals surface area (Å²) >= 11 is 8.18. The summed E-state index contributed by atoms with van der Waals surface area (Å²) in [5, 5.41) is 10.7. The Kier molecular flexibility index (Phi) is 5.69. The number of ether oxygens (including phenoxy) is 1. The fraction of sp³-hybridized carbons (Fsp3) is 0.333. The van der Waals surface area contributed by atoms with Crippen molar-refractivity contribution in [3.63, 3.8) is 0 Å². The lowest BCUT2D eigenvalue weighted by molar-refractivity contribution is 0.414. The van der Waals surface area contributed by atoms with Crippen LogP contribution in [0.1, 0.15) is 37.3 Å². The van der Waals surface area contributed by atoms with Gasteiger partial charge in [0.1, 0.15) is 5.75 Å². The predicted octanol–water partition coefficient (Wildman–Crippen LogP) is 6.01. The van der Waals surface area contributed by atoms with Crippen LogP contribution in [0, 0.1) is 0 Å². The van der Waals surface area contributed by atoms with E-state index in [9.17, 15) is 0 Å². The van der Waals surface area contributed by atoms with Crippen molar-refractivity contribution >= 4 is 23.4 Å². The maximum Gasteiger partial charge on any atom is 0.192 e. The van der Waals surface area contributed by atoms with E-state index in [0.717, 1.165) is 33.1 Å². The molecule has 1 aliphatic carbocycles. The van der Waals surface area contributed by atoms with Gasteiger partial charge in [-0.05, 0) is 42.7 Å². The van der Waals surface area contributed by atoms with Crippen LogP contribution in [0.25, 0.3) is 11.4 Å². The zero-order valence-electron chi connectivity index (χ0n) is 15.3. The van der Waals surface area contributed by atoms with Crippen LogP contribution in [0.4, 0.5) is 0 Å². The quantitative estimate of drug-likeness (QED) is 0.475. The van der Waals surface area contributed by atoms with Gasteiger partial charge in [0.2, 0.25) is 0 Å². The van der Waals surface area contributed by atoms with Crippen molar-refractivity contribution in [3.05, 3.63) is 59.1 Å². The van der Waals surface area contributed by atoms with Crippen LogP contribution in [0.15, 0.2) is 53.7 Å². The molecule has 4 nitrogen and oxygen atoms in total. The Labute approximate surface area is 168 Å². The Morgan fingerprint density at radius 2 is 1.81 bits per heavy atom. The summed E-state index contributed by atoms with van der Waals surface area (Å²) in [6.07, 6.45) is 4.86. The molecule has 0 aliphatic heterocycles. The Hall–Kier alpha value is -1.98. The van der Waals surface area contributed by atoms with E-state index < -0.39 is 0 Å². The third-order valence-electron chi connectivity index (χ3n) is 5.00. The molecule has 0 spiro atoms. The van der Waals surface area contributed by atoms with Gasteiger partial charge in [-0.1, -0.05) is 60.5 Å². The number of thioether (sulfide) groups is 1. The van der Waals surface area contributed by atoms with Crippen LogP contribution >= 0.6 is 23.4 Å². The molecule has 0 N–H and O–H groups in total. The van der Waals surface area contributed by atoms with Crippen LogP contribution < -0.4 is 4.74 Å². The average Bonchev–Trinajstić information content (AvgIpc) is 3.36. The molecule has 140 valence electrons. The number of hydrogen-bond acceptors (Lipinski definition) is 4. The third-order valence-corrected chi connectivity index (χ3v) is 6.34. The van der Waals surface area contributed by atoms with Crippen LogP contribution in [-0.4, -0.2) is 21.9 Å².